The molecular formula is C13H21NO5S. The minimum Gasteiger partial charge on any atom is -0.392 e. The van der Waals surface area contributed by atoms with Gasteiger partial charge in [0.25, 0.3) is 0 Å². The fraction of sp³-hybridized carbons (Fsp3) is 0.538. The highest BCUT2D eigenvalue weighted by molar-refractivity contribution is 7.88. The van der Waals surface area contributed by atoms with Crippen molar-refractivity contribution in [3.05, 3.63) is 35.4 Å². The van der Waals surface area contributed by atoms with Crippen molar-refractivity contribution in [2.24, 2.45) is 0 Å². The van der Waals surface area contributed by atoms with Crippen molar-refractivity contribution < 1.29 is 23.0 Å². The predicted molar refractivity (Wildman–Crippen MR) is 75.7 cm³/mol. The summed E-state index contributed by atoms with van der Waals surface area (Å²) >= 11 is 0. The number of aliphatic hydroxyl groups is 1. The number of aliphatic hydroxyl groups excluding tert-OH is 1. The van der Waals surface area contributed by atoms with Crippen LogP contribution < -0.4 is 4.72 Å². The van der Waals surface area contributed by atoms with Gasteiger partial charge in [-0.2, -0.15) is 0 Å². The first kappa shape index (κ1) is 17.1. The van der Waals surface area contributed by atoms with Crippen LogP contribution >= 0.6 is 0 Å². The maximum Gasteiger partial charge on any atom is 0.215 e. The van der Waals surface area contributed by atoms with E-state index in [1.165, 1.54) is 14.2 Å². The zero-order chi connectivity index (χ0) is 15.0. The second-order valence-electron chi connectivity index (χ2n) is 4.40. The lowest BCUT2D eigenvalue weighted by atomic mass is 10.1. The number of benzene rings is 1. The fourth-order valence-electron chi connectivity index (χ4n) is 1.70. The zero-order valence-electron chi connectivity index (χ0n) is 11.7. The lowest BCUT2D eigenvalue weighted by Gasteiger charge is -2.15. The van der Waals surface area contributed by atoms with Gasteiger partial charge in [0.15, 0.2) is 0 Å². The van der Waals surface area contributed by atoms with E-state index in [0.717, 1.165) is 0 Å². The van der Waals surface area contributed by atoms with Crippen LogP contribution in [0, 0.1) is 0 Å². The van der Waals surface area contributed by atoms with Crippen LogP contribution in [0.15, 0.2) is 24.3 Å². The summed E-state index contributed by atoms with van der Waals surface area (Å²) in [7, 11) is -0.419. The van der Waals surface area contributed by atoms with E-state index >= 15 is 0 Å². The molecule has 0 saturated carbocycles. The van der Waals surface area contributed by atoms with Gasteiger partial charge < -0.3 is 14.6 Å². The molecule has 0 fully saturated rings. The molecule has 6 nitrogen and oxygen atoms in total. The summed E-state index contributed by atoms with van der Waals surface area (Å²) in [6, 6.07) is 6.84. The van der Waals surface area contributed by atoms with E-state index in [1.807, 2.05) is 0 Å². The van der Waals surface area contributed by atoms with Crippen molar-refractivity contribution in [3.63, 3.8) is 0 Å². The van der Waals surface area contributed by atoms with E-state index in [2.05, 4.69) is 4.72 Å². The van der Waals surface area contributed by atoms with Gasteiger partial charge in [0.05, 0.1) is 25.1 Å². The summed E-state index contributed by atoms with van der Waals surface area (Å²) in [6.07, 6.45) is -0.321. The monoisotopic (exact) mass is 303 g/mol. The second-order valence-corrected chi connectivity index (χ2v) is 6.21. The Kier molecular flexibility index (Phi) is 7.11. The maximum atomic E-state index is 12.0. The zero-order valence-corrected chi connectivity index (χ0v) is 12.5. The topological polar surface area (TPSA) is 84.9 Å². The Morgan fingerprint density at radius 1 is 1.30 bits per heavy atom. The van der Waals surface area contributed by atoms with E-state index in [9.17, 15) is 8.42 Å². The molecule has 0 aromatic heterocycles. The predicted octanol–water partition coefficient (Wildman–Crippen LogP) is 0.260. The van der Waals surface area contributed by atoms with E-state index in [1.54, 1.807) is 24.3 Å². The van der Waals surface area contributed by atoms with Crippen molar-refractivity contribution >= 4 is 10.0 Å². The standard InChI is InChI=1S/C13H21NO5S/c1-18-9-13(19-2)7-14-20(16,17)10-12-5-3-4-11(6-12)8-15/h3-6,13-15H,7-10H2,1-2H3. The molecule has 0 heterocycles. The number of sulfonamides is 1. The third kappa shape index (κ3) is 5.98. The van der Waals surface area contributed by atoms with Crippen molar-refractivity contribution in [1.82, 2.24) is 4.72 Å². The van der Waals surface area contributed by atoms with E-state index in [4.69, 9.17) is 14.6 Å². The number of rotatable bonds is 9. The number of ether oxygens (including phenoxy) is 2. The molecule has 0 radical (unpaired) electrons. The molecule has 1 rings (SSSR count). The van der Waals surface area contributed by atoms with Crippen molar-refractivity contribution in [2.45, 2.75) is 18.5 Å². The molecule has 0 aliphatic carbocycles. The minimum absolute atomic E-state index is 0.110. The molecule has 0 aliphatic heterocycles. The van der Waals surface area contributed by atoms with Crippen molar-refractivity contribution in [1.29, 1.82) is 0 Å². The Bertz CT molecular complexity index is 503. The van der Waals surface area contributed by atoms with Crippen LogP contribution in [-0.2, 0) is 31.9 Å². The lowest BCUT2D eigenvalue weighted by molar-refractivity contribution is 0.0320. The number of nitrogens with one attached hydrogen (secondary N) is 1. The molecule has 1 atom stereocenters. The normalized spacial score (nSPS) is 13.3. The smallest absolute Gasteiger partial charge is 0.215 e. The molecule has 1 aromatic carbocycles. The van der Waals surface area contributed by atoms with Gasteiger partial charge in [-0.1, -0.05) is 24.3 Å². The van der Waals surface area contributed by atoms with E-state index in [-0.39, 0.29) is 25.0 Å². The number of hydrogen-bond acceptors (Lipinski definition) is 5. The van der Waals surface area contributed by atoms with Crippen LogP contribution in [0.4, 0.5) is 0 Å². The SMILES string of the molecule is COCC(CNS(=O)(=O)Cc1cccc(CO)c1)OC. The first-order valence-electron chi connectivity index (χ1n) is 6.18. The van der Waals surface area contributed by atoms with Crippen LogP contribution in [0.25, 0.3) is 0 Å². The molecule has 2 N–H and O–H groups in total. The highest BCUT2D eigenvalue weighted by Crippen LogP contribution is 2.08. The first-order valence-corrected chi connectivity index (χ1v) is 7.83. The lowest BCUT2D eigenvalue weighted by Crippen LogP contribution is -2.36. The Labute approximate surface area is 119 Å². The largest absolute Gasteiger partial charge is 0.392 e. The molecule has 0 spiro atoms. The third-order valence-corrected chi connectivity index (χ3v) is 4.07. The summed E-state index contributed by atoms with van der Waals surface area (Å²) in [5.41, 5.74) is 1.32. The number of methoxy groups -OCH3 is 2. The first-order chi connectivity index (χ1) is 9.50. The molecule has 0 bridgehead atoms. The van der Waals surface area contributed by atoms with Crippen LogP contribution in [-0.4, -0.2) is 47.0 Å². The summed E-state index contributed by atoms with van der Waals surface area (Å²) in [5.74, 6) is -0.135. The Morgan fingerprint density at radius 2 is 2.00 bits per heavy atom. The fourth-order valence-corrected chi connectivity index (χ4v) is 2.86. The highest BCUT2D eigenvalue weighted by Gasteiger charge is 2.15. The Morgan fingerprint density at radius 3 is 2.60 bits per heavy atom. The third-order valence-electron chi connectivity index (χ3n) is 2.75. The van der Waals surface area contributed by atoms with Crippen LogP contribution in [0.5, 0.6) is 0 Å². The molecule has 0 saturated heterocycles. The second kappa shape index (κ2) is 8.33. The van der Waals surface area contributed by atoms with Gasteiger partial charge in [-0.3, -0.25) is 0 Å². The minimum atomic E-state index is -3.45. The van der Waals surface area contributed by atoms with Crippen LogP contribution in [0.2, 0.25) is 0 Å². The molecule has 7 heteroatoms. The molecule has 1 unspecified atom stereocenters. The Hall–Kier alpha value is -0.990. The summed E-state index contributed by atoms with van der Waals surface area (Å²) in [6.45, 7) is 0.367. The van der Waals surface area contributed by atoms with Gasteiger partial charge in [0.2, 0.25) is 10.0 Å². The quantitative estimate of drug-likeness (QED) is 0.683. The van der Waals surface area contributed by atoms with Gasteiger partial charge in [0, 0.05) is 20.8 Å². The summed E-state index contributed by atoms with van der Waals surface area (Å²) in [4.78, 5) is 0. The van der Waals surface area contributed by atoms with Crippen molar-refractivity contribution in [2.75, 3.05) is 27.4 Å². The molecule has 1 aromatic rings. The summed E-state index contributed by atoms with van der Waals surface area (Å²) < 4.78 is 36.4. The molecule has 114 valence electrons. The highest BCUT2D eigenvalue weighted by atomic mass is 32.2. The molecular weight excluding hydrogens is 282 g/mol. The van der Waals surface area contributed by atoms with Crippen LogP contribution in [0.1, 0.15) is 11.1 Å². The average molecular weight is 303 g/mol. The molecule has 0 aliphatic rings. The van der Waals surface area contributed by atoms with Crippen molar-refractivity contribution in [3.8, 4) is 0 Å². The number of hydrogen-bond donors (Lipinski definition) is 2. The summed E-state index contributed by atoms with van der Waals surface area (Å²) in [5, 5.41) is 9.03. The van der Waals surface area contributed by atoms with Gasteiger partial charge in [-0.15, -0.1) is 0 Å². The Balaban J connectivity index is 2.60. The van der Waals surface area contributed by atoms with E-state index < -0.39 is 10.0 Å². The molecule has 0 amide bonds. The van der Waals surface area contributed by atoms with Gasteiger partial charge >= 0.3 is 0 Å². The van der Waals surface area contributed by atoms with Gasteiger partial charge in [0.1, 0.15) is 0 Å². The van der Waals surface area contributed by atoms with Crippen LogP contribution in [0.3, 0.4) is 0 Å². The van der Waals surface area contributed by atoms with E-state index in [0.29, 0.717) is 17.7 Å². The molecule has 20 heavy (non-hydrogen) atoms. The maximum absolute atomic E-state index is 12.0. The average Bonchev–Trinajstić information content (AvgIpc) is 2.43. The van der Waals surface area contributed by atoms with Gasteiger partial charge in [-0.05, 0) is 11.1 Å². The van der Waals surface area contributed by atoms with Gasteiger partial charge in [-0.25, -0.2) is 13.1 Å².